The van der Waals surface area contributed by atoms with Gasteiger partial charge in [-0.3, -0.25) is 9.78 Å². The second kappa shape index (κ2) is 7.76. The minimum Gasteiger partial charge on any atom is -0.324 e. The maximum absolute atomic E-state index is 12.2. The minimum atomic E-state index is -0.129. The number of carbonyl (C=O) groups excluding carboxylic acids is 1. The molecule has 0 saturated carbocycles. The van der Waals surface area contributed by atoms with Crippen molar-refractivity contribution in [3.05, 3.63) is 83.3 Å². The van der Waals surface area contributed by atoms with Gasteiger partial charge in [-0.2, -0.15) is 0 Å². The molecule has 0 saturated heterocycles. The van der Waals surface area contributed by atoms with Crippen molar-refractivity contribution in [2.75, 3.05) is 10.6 Å². The predicted molar refractivity (Wildman–Crippen MR) is 107 cm³/mol. The van der Waals surface area contributed by atoms with Crippen LogP contribution in [0.25, 0.3) is 11.4 Å². The van der Waals surface area contributed by atoms with Crippen LogP contribution in [0.3, 0.4) is 0 Å². The smallest absolute Gasteiger partial charge is 0.265 e. The normalized spacial score (nSPS) is 10.4. The van der Waals surface area contributed by atoms with Crippen molar-refractivity contribution in [3.63, 3.8) is 0 Å². The van der Waals surface area contributed by atoms with Gasteiger partial charge in [0.15, 0.2) is 0 Å². The topological polar surface area (TPSA) is 79.8 Å². The molecule has 0 bridgehead atoms. The Kier molecular flexibility index (Phi) is 4.84. The van der Waals surface area contributed by atoms with Gasteiger partial charge in [0, 0.05) is 23.8 Å². The predicted octanol–water partition coefficient (Wildman–Crippen LogP) is 4.60. The van der Waals surface area contributed by atoms with Gasteiger partial charge in [-0.1, -0.05) is 18.2 Å². The Morgan fingerprint density at radius 3 is 2.59 bits per heavy atom. The summed E-state index contributed by atoms with van der Waals surface area (Å²) in [5, 5.41) is 7.93. The number of nitrogens with zero attached hydrogens (tertiary/aromatic N) is 3. The van der Waals surface area contributed by atoms with Crippen molar-refractivity contribution in [2.45, 2.75) is 0 Å². The zero-order chi connectivity index (χ0) is 18.5. The highest BCUT2D eigenvalue weighted by atomic mass is 32.1. The Balaban J connectivity index is 1.51. The number of hydrogen-bond acceptors (Lipinski definition) is 6. The van der Waals surface area contributed by atoms with Gasteiger partial charge in [-0.25, -0.2) is 9.97 Å². The van der Waals surface area contributed by atoms with E-state index < -0.39 is 0 Å². The van der Waals surface area contributed by atoms with E-state index in [1.807, 2.05) is 60.0 Å². The molecule has 0 aliphatic rings. The molecular formula is C20H15N5OS. The summed E-state index contributed by atoms with van der Waals surface area (Å²) in [4.78, 5) is 25.9. The highest BCUT2D eigenvalue weighted by Crippen LogP contribution is 2.21. The van der Waals surface area contributed by atoms with Gasteiger partial charge in [0.05, 0.1) is 16.3 Å². The molecule has 132 valence electrons. The molecule has 0 fully saturated rings. The Morgan fingerprint density at radius 1 is 0.852 bits per heavy atom. The number of aromatic nitrogens is 3. The molecule has 0 aliphatic carbocycles. The van der Waals surface area contributed by atoms with Gasteiger partial charge in [-0.15, -0.1) is 11.3 Å². The fraction of sp³-hybridized carbons (Fsp3) is 0. The van der Waals surface area contributed by atoms with E-state index in [0.29, 0.717) is 16.5 Å². The van der Waals surface area contributed by atoms with Crippen LogP contribution >= 0.6 is 11.3 Å². The van der Waals surface area contributed by atoms with Gasteiger partial charge < -0.3 is 10.6 Å². The van der Waals surface area contributed by atoms with Crippen LogP contribution in [-0.4, -0.2) is 20.9 Å². The summed E-state index contributed by atoms with van der Waals surface area (Å²) in [7, 11) is 0. The van der Waals surface area contributed by atoms with Crippen molar-refractivity contribution in [2.24, 2.45) is 0 Å². The SMILES string of the molecule is O=C(Nc1cccc(Nc2nccc(-c3ccccn3)n2)c1)c1cccs1. The van der Waals surface area contributed by atoms with Crippen LogP contribution in [0, 0.1) is 0 Å². The number of pyridine rings is 1. The molecule has 27 heavy (non-hydrogen) atoms. The summed E-state index contributed by atoms with van der Waals surface area (Å²) >= 11 is 1.40. The van der Waals surface area contributed by atoms with Crippen LogP contribution in [-0.2, 0) is 0 Å². The first-order valence-corrected chi connectivity index (χ1v) is 9.12. The molecule has 1 aromatic carbocycles. The maximum Gasteiger partial charge on any atom is 0.265 e. The lowest BCUT2D eigenvalue weighted by molar-refractivity contribution is 0.103. The Labute approximate surface area is 160 Å². The van der Waals surface area contributed by atoms with Gasteiger partial charge in [0.1, 0.15) is 0 Å². The van der Waals surface area contributed by atoms with Crippen molar-refractivity contribution in [3.8, 4) is 11.4 Å². The average Bonchev–Trinajstić information content (AvgIpc) is 3.24. The second-order valence-corrected chi connectivity index (χ2v) is 6.57. The number of thiophene rings is 1. The summed E-state index contributed by atoms with van der Waals surface area (Å²) in [6.07, 6.45) is 3.41. The standard InChI is InChI=1S/C20H15N5OS/c26-19(18-8-4-12-27-18)23-14-5-3-6-15(13-14)24-20-22-11-9-17(25-20)16-7-1-2-10-21-16/h1-13H,(H,23,26)(H,22,24,25). The summed E-state index contributed by atoms with van der Waals surface area (Å²) in [5.74, 6) is 0.329. The lowest BCUT2D eigenvalue weighted by Crippen LogP contribution is -2.10. The quantitative estimate of drug-likeness (QED) is 0.535. The van der Waals surface area contributed by atoms with Crippen molar-refractivity contribution >= 4 is 34.6 Å². The molecule has 0 spiro atoms. The summed E-state index contributed by atoms with van der Waals surface area (Å²) in [5.41, 5.74) is 2.98. The van der Waals surface area contributed by atoms with Gasteiger partial charge in [0.2, 0.25) is 5.95 Å². The average molecular weight is 373 g/mol. The molecule has 4 aromatic rings. The Bertz CT molecular complexity index is 1050. The molecule has 0 aliphatic heterocycles. The van der Waals surface area contributed by atoms with Crippen molar-refractivity contribution < 1.29 is 4.79 Å². The Hall–Kier alpha value is -3.58. The van der Waals surface area contributed by atoms with Crippen LogP contribution in [0.15, 0.2) is 78.4 Å². The van der Waals surface area contributed by atoms with Gasteiger partial charge >= 0.3 is 0 Å². The number of nitrogens with one attached hydrogen (secondary N) is 2. The summed E-state index contributed by atoms with van der Waals surface area (Å²) in [6.45, 7) is 0. The molecule has 3 aromatic heterocycles. The number of benzene rings is 1. The molecule has 0 radical (unpaired) electrons. The number of hydrogen-bond donors (Lipinski definition) is 2. The largest absolute Gasteiger partial charge is 0.324 e. The third-order valence-corrected chi connectivity index (χ3v) is 4.57. The number of rotatable bonds is 5. The molecule has 4 rings (SSSR count). The van der Waals surface area contributed by atoms with E-state index in [2.05, 4.69) is 25.6 Å². The first kappa shape index (κ1) is 16.9. The van der Waals surface area contributed by atoms with Gasteiger partial charge in [-0.05, 0) is 47.8 Å². The van der Waals surface area contributed by atoms with E-state index in [0.717, 1.165) is 17.1 Å². The van der Waals surface area contributed by atoms with E-state index in [1.165, 1.54) is 11.3 Å². The van der Waals surface area contributed by atoms with Crippen LogP contribution in [0.4, 0.5) is 17.3 Å². The fourth-order valence-corrected chi connectivity index (χ4v) is 3.10. The van der Waals surface area contributed by atoms with E-state index in [4.69, 9.17) is 0 Å². The van der Waals surface area contributed by atoms with Gasteiger partial charge in [0.25, 0.3) is 5.91 Å². The third-order valence-electron chi connectivity index (χ3n) is 3.70. The third kappa shape index (κ3) is 4.16. The highest BCUT2D eigenvalue weighted by Gasteiger charge is 2.08. The molecule has 3 heterocycles. The highest BCUT2D eigenvalue weighted by molar-refractivity contribution is 7.12. The van der Waals surface area contributed by atoms with Crippen LogP contribution in [0.5, 0.6) is 0 Å². The molecule has 2 N–H and O–H groups in total. The van der Waals surface area contributed by atoms with Crippen molar-refractivity contribution in [1.29, 1.82) is 0 Å². The minimum absolute atomic E-state index is 0.129. The first-order valence-electron chi connectivity index (χ1n) is 8.24. The first-order chi connectivity index (χ1) is 13.3. The van der Waals surface area contributed by atoms with E-state index in [9.17, 15) is 4.79 Å². The maximum atomic E-state index is 12.2. The Morgan fingerprint density at radius 2 is 1.78 bits per heavy atom. The lowest BCUT2D eigenvalue weighted by Gasteiger charge is -2.09. The zero-order valence-corrected chi connectivity index (χ0v) is 15.0. The second-order valence-electron chi connectivity index (χ2n) is 5.62. The van der Waals surface area contributed by atoms with Crippen LogP contribution in [0.1, 0.15) is 9.67 Å². The van der Waals surface area contributed by atoms with E-state index >= 15 is 0 Å². The molecule has 0 unspecified atom stereocenters. The lowest BCUT2D eigenvalue weighted by atomic mass is 10.2. The summed E-state index contributed by atoms with van der Waals surface area (Å²) in [6, 6.07) is 18.5. The number of anilines is 3. The molecular weight excluding hydrogens is 358 g/mol. The molecule has 1 amide bonds. The van der Waals surface area contributed by atoms with Crippen molar-refractivity contribution in [1.82, 2.24) is 15.0 Å². The zero-order valence-electron chi connectivity index (χ0n) is 14.2. The van der Waals surface area contributed by atoms with E-state index in [-0.39, 0.29) is 5.91 Å². The number of amides is 1. The molecule has 6 nitrogen and oxygen atoms in total. The summed E-state index contributed by atoms with van der Waals surface area (Å²) < 4.78 is 0. The van der Waals surface area contributed by atoms with Crippen LogP contribution in [0.2, 0.25) is 0 Å². The fourth-order valence-electron chi connectivity index (χ4n) is 2.48. The number of carbonyl (C=O) groups is 1. The molecule has 7 heteroatoms. The van der Waals surface area contributed by atoms with Crippen LogP contribution < -0.4 is 10.6 Å². The monoisotopic (exact) mass is 373 g/mol. The molecule has 0 atom stereocenters. The van der Waals surface area contributed by atoms with E-state index in [1.54, 1.807) is 18.5 Å².